The van der Waals surface area contributed by atoms with Crippen molar-refractivity contribution >= 4 is 34.0 Å². The van der Waals surface area contributed by atoms with Crippen LogP contribution in [0.2, 0.25) is 0 Å². The van der Waals surface area contributed by atoms with Crippen LogP contribution in [0.25, 0.3) is 39.0 Å². The van der Waals surface area contributed by atoms with Crippen LogP contribution in [0, 0.1) is 0 Å². The van der Waals surface area contributed by atoms with Crippen molar-refractivity contribution in [3.8, 4) is 44.9 Å². The minimum absolute atomic E-state index is 0.132. The molecule has 0 unspecified atom stereocenters. The van der Waals surface area contributed by atoms with Crippen LogP contribution in [0.3, 0.4) is 0 Å². The zero-order valence-electron chi connectivity index (χ0n) is 41.5. The maximum atomic E-state index is 6.70. The fraction of sp³-hybridized carbons (Fsp3) is 0.0704. The second-order valence-electron chi connectivity index (χ2n) is 20.5. The Hall–Kier alpha value is -9.18. The number of para-hydroxylation sites is 3. The molecule has 3 heteroatoms. The van der Waals surface area contributed by atoms with Crippen LogP contribution in [0.5, 0.6) is 11.5 Å². The van der Waals surface area contributed by atoms with E-state index in [2.05, 4.69) is 278 Å². The Morgan fingerprint density at radius 1 is 0.432 bits per heavy atom. The van der Waals surface area contributed by atoms with E-state index in [1.165, 1.54) is 66.9 Å². The Labute approximate surface area is 434 Å². The third kappa shape index (κ3) is 6.66. The van der Waals surface area contributed by atoms with E-state index >= 15 is 0 Å². The van der Waals surface area contributed by atoms with Crippen molar-refractivity contribution in [2.75, 3.05) is 9.80 Å². The van der Waals surface area contributed by atoms with Crippen LogP contribution in [-0.4, -0.2) is 0 Å². The molecular formula is C71H52N2O. The topological polar surface area (TPSA) is 15.7 Å². The molecule has 0 atom stereocenters. The summed E-state index contributed by atoms with van der Waals surface area (Å²) in [5.41, 5.74) is 24.2. The molecule has 1 spiro atoms. The maximum Gasteiger partial charge on any atom is 0.132 e. The number of nitrogens with zero attached hydrogens (tertiary/aromatic N) is 2. The molecule has 14 rings (SSSR count). The molecule has 74 heavy (non-hydrogen) atoms. The number of anilines is 5. The van der Waals surface area contributed by atoms with E-state index in [0.29, 0.717) is 0 Å². The van der Waals surface area contributed by atoms with Crippen molar-refractivity contribution in [3.05, 3.63) is 312 Å². The summed E-state index contributed by atoms with van der Waals surface area (Å²) >= 11 is 0. The minimum Gasteiger partial charge on any atom is -0.457 e. The smallest absolute Gasteiger partial charge is 0.132 e. The van der Waals surface area contributed by atoms with Gasteiger partial charge in [0.05, 0.1) is 5.41 Å². The first-order valence-corrected chi connectivity index (χ1v) is 25.7. The van der Waals surface area contributed by atoms with Crippen molar-refractivity contribution < 1.29 is 4.74 Å². The van der Waals surface area contributed by atoms with Crippen molar-refractivity contribution in [1.82, 2.24) is 0 Å². The lowest BCUT2D eigenvalue weighted by molar-refractivity contribution is 0.436. The molecule has 10 aromatic rings. The first-order valence-electron chi connectivity index (χ1n) is 25.7. The SMILES string of the molecule is C=C1/C=C\C(c2ccc(N(c3ccc(-c4ccccc4)cc3)c3ccc4c(c3)C3(c5ccccc5Oc5ccccc53)c3ccccc3-4)cc2)=C/Cc2cc3c(cc2N1c1ccccc1)C(C)(C)c1ccccc1-3. The number of allylic oxidation sites excluding steroid dienone is 4. The van der Waals surface area contributed by atoms with E-state index in [-0.39, 0.29) is 5.41 Å². The molecule has 0 amide bonds. The Kier molecular flexibility index (Phi) is 10.00. The van der Waals surface area contributed by atoms with Gasteiger partial charge in [-0.1, -0.05) is 196 Å². The van der Waals surface area contributed by atoms with Gasteiger partial charge in [-0.3, -0.25) is 0 Å². The molecule has 0 radical (unpaired) electrons. The van der Waals surface area contributed by atoms with E-state index in [4.69, 9.17) is 11.3 Å². The quantitative estimate of drug-likeness (QED) is 0.165. The predicted molar refractivity (Wildman–Crippen MR) is 306 cm³/mol. The molecule has 2 aliphatic heterocycles. The van der Waals surface area contributed by atoms with Gasteiger partial charge in [0, 0.05) is 50.7 Å². The molecule has 2 aliphatic carbocycles. The van der Waals surface area contributed by atoms with Gasteiger partial charge in [0.1, 0.15) is 11.5 Å². The lowest BCUT2D eigenvalue weighted by atomic mass is 9.66. The van der Waals surface area contributed by atoms with Gasteiger partial charge in [0.2, 0.25) is 0 Å². The van der Waals surface area contributed by atoms with E-state index in [9.17, 15) is 0 Å². The number of benzene rings is 10. The van der Waals surface area contributed by atoms with Gasteiger partial charge in [-0.05, 0) is 158 Å². The maximum absolute atomic E-state index is 6.70. The first kappa shape index (κ1) is 43.6. The molecule has 0 bridgehead atoms. The van der Waals surface area contributed by atoms with Gasteiger partial charge in [-0.2, -0.15) is 0 Å². The highest BCUT2D eigenvalue weighted by molar-refractivity contribution is 5.92. The fourth-order valence-corrected chi connectivity index (χ4v) is 12.6. The minimum atomic E-state index is -0.589. The summed E-state index contributed by atoms with van der Waals surface area (Å²) in [5, 5.41) is 0. The monoisotopic (exact) mass is 948 g/mol. The van der Waals surface area contributed by atoms with E-state index in [1.54, 1.807) is 0 Å². The summed E-state index contributed by atoms with van der Waals surface area (Å²) in [6.45, 7) is 9.44. The van der Waals surface area contributed by atoms with Crippen molar-refractivity contribution in [1.29, 1.82) is 0 Å². The standard InChI is InChI=1S/C71H52N2O/c1-47-30-31-49(32-33-52-44-60-58-23-10-12-24-61(58)70(2,3)65(60)46-67(52)72(47)53-20-8-5-9-21-53)51-36-40-55(41-37-51)73(54-38-34-50(35-39-54)48-18-6-4-7-19-48)56-42-43-59-57-22-11-13-25-62(57)71(66(59)45-56)63-26-14-16-28-68(63)74-69-29-17-15-27-64(69)71/h4-32,34-46H,1,33H2,2-3H3/b31-30-,49-32+. The summed E-state index contributed by atoms with van der Waals surface area (Å²) in [6, 6.07) is 86.4. The molecule has 2 heterocycles. The Bertz CT molecular complexity index is 3890. The summed E-state index contributed by atoms with van der Waals surface area (Å²) < 4.78 is 6.70. The van der Waals surface area contributed by atoms with Gasteiger partial charge in [-0.15, -0.1) is 0 Å². The van der Waals surface area contributed by atoms with Crippen molar-refractivity contribution in [3.63, 3.8) is 0 Å². The lowest BCUT2D eigenvalue weighted by Crippen LogP contribution is -2.32. The van der Waals surface area contributed by atoms with Crippen LogP contribution in [0.4, 0.5) is 28.4 Å². The van der Waals surface area contributed by atoms with Gasteiger partial charge in [-0.25, -0.2) is 0 Å². The highest BCUT2D eigenvalue weighted by atomic mass is 16.5. The average Bonchev–Trinajstić information content (AvgIpc) is 3.98. The van der Waals surface area contributed by atoms with Gasteiger partial charge < -0.3 is 14.5 Å². The van der Waals surface area contributed by atoms with Crippen LogP contribution in [-0.2, 0) is 17.3 Å². The average molecular weight is 949 g/mol. The third-order valence-corrected chi connectivity index (χ3v) is 16.1. The second kappa shape index (κ2) is 17.0. The summed E-state index contributed by atoms with van der Waals surface area (Å²) in [4.78, 5) is 4.75. The number of hydrogen-bond donors (Lipinski definition) is 0. The molecule has 0 saturated heterocycles. The normalized spacial score (nSPS) is 16.1. The second-order valence-corrected chi connectivity index (χ2v) is 20.5. The Morgan fingerprint density at radius 3 is 1.64 bits per heavy atom. The fourth-order valence-electron chi connectivity index (χ4n) is 12.6. The molecule has 0 N–H and O–H groups in total. The summed E-state index contributed by atoms with van der Waals surface area (Å²) in [7, 11) is 0. The van der Waals surface area contributed by atoms with Crippen LogP contribution >= 0.6 is 0 Å². The molecule has 0 fully saturated rings. The van der Waals surface area contributed by atoms with Crippen LogP contribution in [0.15, 0.2) is 267 Å². The zero-order valence-corrected chi connectivity index (χ0v) is 41.5. The lowest BCUT2D eigenvalue weighted by Gasteiger charge is -2.39. The highest BCUT2D eigenvalue weighted by Gasteiger charge is 2.51. The summed E-state index contributed by atoms with van der Waals surface area (Å²) in [5.74, 6) is 1.77. The largest absolute Gasteiger partial charge is 0.457 e. The number of hydrogen-bond acceptors (Lipinski definition) is 3. The molecule has 3 nitrogen and oxygen atoms in total. The molecule has 4 aliphatic rings. The molecule has 0 saturated carbocycles. The van der Waals surface area contributed by atoms with Crippen molar-refractivity contribution in [2.24, 2.45) is 0 Å². The number of fused-ring (bicyclic) bond motifs is 13. The van der Waals surface area contributed by atoms with Gasteiger partial charge in [0.15, 0.2) is 0 Å². The van der Waals surface area contributed by atoms with E-state index in [1.807, 2.05) is 0 Å². The molecule has 352 valence electrons. The Morgan fingerprint density at radius 2 is 0.959 bits per heavy atom. The van der Waals surface area contributed by atoms with Crippen LogP contribution in [0.1, 0.15) is 58.4 Å². The zero-order chi connectivity index (χ0) is 49.5. The van der Waals surface area contributed by atoms with E-state index in [0.717, 1.165) is 68.6 Å². The first-order chi connectivity index (χ1) is 36.4. The number of ether oxygens (including phenoxy) is 1. The van der Waals surface area contributed by atoms with Crippen LogP contribution < -0.4 is 14.5 Å². The molecule has 0 aromatic heterocycles. The predicted octanol–water partition coefficient (Wildman–Crippen LogP) is 18.4. The highest BCUT2D eigenvalue weighted by Crippen LogP contribution is 2.63. The Balaban J connectivity index is 0.903. The number of rotatable bonds is 6. The van der Waals surface area contributed by atoms with Gasteiger partial charge >= 0.3 is 0 Å². The molecular weight excluding hydrogens is 897 g/mol. The van der Waals surface area contributed by atoms with Gasteiger partial charge in [0.25, 0.3) is 0 Å². The molecule has 10 aromatic carbocycles. The van der Waals surface area contributed by atoms with E-state index < -0.39 is 5.41 Å². The summed E-state index contributed by atoms with van der Waals surface area (Å²) in [6.07, 6.45) is 7.57. The van der Waals surface area contributed by atoms with Crippen molar-refractivity contribution in [2.45, 2.75) is 31.1 Å². The third-order valence-electron chi connectivity index (χ3n) is 16.1.